The van der Waals surface area contributed by atoms with E-state index in [0.717, 1.165) is 11.4 Å². The van der Waals surface area contributed by atoms with Crippen molar-refractivity contribution < 1.29 is 9.18 Å². The first-order valence-electron chi connectivity index (χ1n) is 6.64. The number of carbonyl (C=O) groups is 1. The highest BCUT2D eigenvalue weighted by atomic mass is 35.5. The summed E-state index contributed by atoms with van der Waals surface area (Å²) in [6, 6.07) is 6.00. The number of aryl methyl sites for hydroxylation is 2. The Morgan fingerprint density at radius 1 is 1.43 bits per heavy atom. The summed E-state index contributed by atoms with van der Waals surface area (Å²) in [5.41, 5.74) is 2.03. The summed E-state index contributed by atoms with van der Waals surface area (Å²) in [6.45, 7) is 5.74. The zero-order valence-electron chi connectivity index (χ0n) is 12.2. The topological polar surface area (TPSA) is 46.9 Å². The van der Waals surface area contributed by atoms with E-state index < -0.39 is 5.82 Å². The maximum Gasteiger partial charge on any atom is 0.226 e. The normalized spacial score (nSPS) is 12.2. The van der Waals surface area contributed by atoms with Gasteiger partial charge in [-0.15, -0.1) is 0 Å². The van der Waals surface area contributed by atoms with Gasteiger partial charge in [-0.2, -0.15) is 5.10 Å². The molecule has 6 heteroatoms. The van der Waals surface area contributed by atoms with Crippen LogP contribution in [0.1, 0.15) is 30.8 Å². The lowest BCUT2D eigenvalue weighted by molar-refractivity contribution is -0.116. The molecule has 0 bridgehead atoms. The van der Waals surface area contributed by atoms with Crippen molar-refractivity contribution in [3.63, 3.8) is 0 Å². The standard InChI is InChI=1S/C15H17ClFN3O/c1-9-6-10(2)20(19-9)11(3)7-15(21)18-14-5-4-12(16)8-13(14)17/h4-6,8,11H,7H2,1-3H3,(H,18,21)/t11-/m0/s1. The molecule has 1 aromatic carbocycles. The van der Waals surface area contributed by atoms with Crippen molar-refractivity contribution in [1.82, 2.24) is 9.78 Å². The van der Waals surface area contributed by atoms with Gasteiger partial charge in [-0.3, -0.25) is 9.48 Å². The van der Waals surface area contributed by atoms with Crippen molar-refractivity contribution in [2.45, 2.75) is 33.2 Å². The molecular formula is C15H17ClFN3O. The van der Waals surface area contributed by atoms with Crippen LogP contribution in [0.5, 0.6) is 0 Å². The van der Waals surface area contributed by atoms with Crippen LogP contribution < -0.4 is 5.32 Å². The van der Waals surface area contributed by atoms with Crippen molar-refractivity contribution in [2.24, 2.45) is 0 Å². The molecule has 0 aliphatic rings. The van der Waals surface area contributed by atoms with Crippen molar-refractivity contribution in [2.75, 3.05) is 5.32 Å². The Labute approximate surface area is 127 Å². The van der Waals surface area contributed by atoms with E-state index in [1.165, 1.54) is 18.2 Å². The molecular weight excluding hydrogens is 293 g/mol. The molecule has 2 aromatic rings. The fourth-order valence-electron chi connectivity index (χ4n) is 2.24. The molecule has 1 N–H and O–H groups in total. The van der Waals surface area contributed by atoms with Gasteiger partial charge >= 0.3 is 0 Å². The van der Waals surface area contributed by atoms with E-state index in [9.17, 15) is 9.18 Å². The Balaban J connectivity index is 2.03. The first kappa shape index (κ1) is 15.5. The molecule has 1 aromatic heterocycles. The first-order valence-corrected chi connectivity index (χ1v) is 7.02. The van der Waals surface area contributed by atoms with E-state index in [0.29, 0.717) is 5.02 Å². The van der Waals surface area contributed by atoms with Crippen LogP contribution in [0.15, 0.2) is 24.3 Å². The maximum atomic E-state index is 13.6. The second-order valence-electron chi connectivity index (χ2n) is 5.10. The van der Waals surface area contributed by atoms with Gasteiger partial charge in [-0.25, -0.2) is 4.39 Å². The van der Waals surface area contributed by atoms with Gasteiger partial charge in [0.2, 0.25) is 5.91 Å². The van der Waals surface area contributed by atoms with E-state index in [1.54, 1.807) is 4.68 Å². The number of hydrogen-bond donors (Lipinski definition) is 1. The Hall–Kier alpha value is -1.88. The number of rotatable bonds is 4. The highest BCUT2D eigenvalue weighted by Crippen LogP contribution is 2.20. The molecule has 0 spiro atoms. The third-order valence-electron chi connectivity index (χ3n) is 3.15. The zero-order chi connectivity index (χ0) is 15.6. The van der Waals surface area contributed by atoms with Gasteiger partial charge in [0, 0.05) is 17.1 Å². The Morgan fingerprint density at radius 2 is 2.14 bits per heavy atom. The molecule has 0 unspecified atom stereocenters. The third-order valence-corrected chi connectivity index (χ3v) is 3.38. The molecule has 21 heavy (non-hydrogen) atoms. The van der Waals surface area contributed by atoms with Crippen molar-refractivity contribution >= 4 is 23.2 Å². The van der Waals surface area contributed by atoms with Crippen LogP contribution in [0.4, 0.5) is 10.1 Å². The summed E-state index contributed by atoms with van der Waals surface area (Å²) < 4.78 is 15.4. The number of carbonyl (C=O) groups excluding carboxylic acids is 1. The number of nitrogens with zero attached hydrogens (tertiary/aromatic N) is 2. The molecule has 0 aliphatic heterocycles. The third kappa shape index (κ3) is 3.82. The van der Waals surface area contributed by atoms with Gasteiger partial charge in [0.05, 0.1) is 17.4 Å². The Morgan fingerprint density at radius 3 is 2.71 bits per heavy atom. The van der Waals surface area contributed by atoms with Gasteiger partial charge in [-0.05, 0) is 45.0 Å². The summed E-state index contributed by atoms with van der Waals surface area (Å²) in [6.07, 6.45) is 0.212. The lowest BCUT2D eigenvalue weighted by Crippen LogP contribution is -2.19. The first-order chi connectivity index (χ1) is 9.86. The molecule has 2 rings (SSSR count). The lowest BCUT2D eigenvalue weighted by Gasteiger charge is -2.14. The average Bonchev–Trinajstić information content (AvgIpc) is 2.72. The van der Waals surface area contributed by atoms with Gasteiger partial charge < -0.3 is 5.32 Å². The van der Waals surface area contributed by atoms with Crippen LogP contribution in [0, 0.1) is 19.7 Å². The number of amides is 1. The van der Waals surface area contributed by atoms with E-state index >= 15 is 0 Å². The summed E-state index contributed by atoms with van der Waals surface area (Å²) in [5, 5.41) is 7.19. The van der Waals surface area contributed by atoms with Gasteiger partial charge in [0.1, 0.15) is 5.82 Å². The second-order valence-corrected chi connectivity index (χ2v) is 5.53. The average molecular weight is 310 g/mol. The highest BCUT2D eigenvalue weighted by Gasteiger charge is 2.15. The molecule has 0 saturated carbocycles. The van der Waals surface area contributed by atoms with E-state index in [4.69, 9.17) is 11.6 Å². The minimum absolute atomic E-state index is 0.103. The van der Waals surface area contributed by atoms with Crippen LogP contribution >= 0.6 is 11.6 Å². The quantitative estimate of drug-likeness (QED) is 0.931. The number of anilines is 1. The number of aromatic nitrogens is 2. The number of nitrogens with one attached hydrogen (secondary N) is 1. The SMILES string of the molecule is Cc1cc(C)n([C@@H](C)CC(=O)Nc2ccc(Cl)cc2F)n1. The molecule has 0 aliphatic carbocycles. The zero-order valence-corrected chi connectivity index (χ0v) is 12.9. The molecule has 1 atom stereocenters. The smallest absolute Gasteiger partial charge is 0.226 e. The van der Waals surface area contributed by atoms with Crippen LogP contribution in [-0.2, 0) is 4.79 Å². The van der Waals surface area contributed by atoms with Crippen molar-refractivity contribution in [1.29, 1.82) is 0 Å². The van der Waals surface area contributed by atoms with Crippen LogP contribution in [0.2, 0.25) is 5.02 Å². The van der Waals surface area contributed by atoms with Crippen LogP contribution in [0.3, 0.4) is 0 Å². The minimum Gasteiger partial charge on any atom is -0.324 e. The maximum absolute atomic E-state index is 13.6. The summed E-state index contributed by atoms with van der Waals surface area (Å²) in [5.74, 6) is -0.814. The van der Waals surface area contributed by atoms with Gasteiger partial charge in [-0.1, -0.05) is 11.6 Å². The summed E-state index contributed by atoms with van der Waals surface area (Å²) >= 11 is 5.67. The van der Waals surface area contributed by atoms with E-state index in [-0.39, 0.29) is 24.1 Å². The minimum atomic E-state index is -0.547. The number of hydrogen-bond acceptors (Lipinski definition) is 2. The van der Waals surface area contributed by atoms with Crippen LogP contribution in [-0.4, -0.2) is 15.7 Å². The molecule has 1 amide bonds. The Kier molecular flexibility index (Phi) is 4.63. The van der Waals surface area contributed by atoms with E-state index in [2.05, 4.69) is 10.4 Å². The molecule has 112 valence electrons. The fourth-order valence-corrected chi connectivity index (χ4v) is 2.40. The van der Waals surface area contributed by atoms with Crippen molar-refractivity contribution in [3.05, 3.63) is 46.5 Å². The molecule has 4 nitrogen and oxygen atoms in total. The lowest BCUT2D eigenvalue weighted by atomic mass is 10.2. The predicted molar refractivity (Wildman–Crippen MR) is 81.1 cm³/mol. The molecule has 0 radical (unpaired) electrons. The number of halogens is 2. The number of benzene rings is 1. The second kappa shape index (κ2) is 6.26. The highest BCUT2D eigenvalue weighted by molar-refractivity contribution is 6.30. The monoisotopic (exact) mass is 309 g/mol. The molecule has 0 fully saturated rings. The van der Waals surface area contributed by atoms with E-state index in [1.807, 2.05) is 26.8 Å². The van der Waals surface area contributed by atoms with Crippen LogP contribution in [0.25, 0.3) is 0 Å². The fraction of sp³-hybridized carbons (Fsp3) is 0.333. The molecule has 1 heterocycles. The van der Waals surface area contributed by atoms with Gasteiger partial charge in [0.25, 0.3) is 0 Å². The summed E-state index contributed by atoms with van der Waals surface area (Å²) in [4.78, 5) is 12.0. The van der Waals surface area contributed by atoms with Gasteiger partial charge in [0.15, 0.2) is 0 Å². The molecule has 0 saturated heterocycles. The Bertz CT molecular complexity index is 669. The predicted octanol–water partition coefficient (Wildman–Crippen LogP) is 3.88. The summed E-state index contributed by atoms with van der Waals surface area (Å²) in [7, 11) is 0. The van der Waals surface area contributed by atoms with Crippen molar-refractivity contribution in [3.8, 4) is 0 Å². The largest absolute Gasteiger partial charge is 0.324 e.